The number of benzene rings is 1. The first-order chi connectivity index (χ1) is 13.5. The fraction of sp³-hybridized carbons (Fsp3) is 0.111. The standard InChI is InChI=1S/C18H14Cl3N5OS/c1-2-7-26-17(11-3-5-12(19)6-4-11)24-25-18(26)28-10-15(27)23-16-14(21)8-13(20)9-22-16/h2-6,8-9H,1,7,10H2,(H,22,23,27). The second kappa shape index (κ2) is 9.43. The van der Waals surface area contributed by atoms with Gasteiger partial charge < -0.3 is 5.32 Å². The van der Waals surface area contributed by atoms with Gasteiger partial charge in [0, 0.05) is 23.3 Å². The highest BCUT2D eigenvalue weighted by molar-refractivity contribution is 7.99. The van der Waals surface area contributed by atoms with Crippen LogP contribution in [0.3, 0.4) is 0 Å². The molecule has 0 bridgehead atoms. The fourth-order valence-corrected chi connectivity index (χ4v) is 3.61. The molecule has 0 aliphatic heterocycles. The number of anilines is 1. The molecule has 144 valence electrons. The van der Waals surface area contributed by atoms with E-state index in [0.29, 0.717) is 27.6 Å². The maximum Gasteiger partial charge on any atom is 0.236 e. The van der Waals surface area contributed by atoms with E-state index in [-0.39, 0.29) is 22.5 Å². The van der Waals surface area contributed by atoms with Crippen molar-refractivity contribution in [2.24, 2.45) is 0 Å². The van der Waals surface area contributed by atoms with E-state index in [4.69, 9.17) is 34.8 Å². The third-order valence-corrected chi connectivity index (χ3v) is 5.24. The van der Waals surface area contributed by atoms with E-state index in [1.807, 2.05) is 16.7 Å². The molecular weight excluding hydrogens is 441 g/mol. The van der Waals surface area contributed by atoms with Crippen LogP contribution in [-0.4, -0.2) is 31.4 Å². The van der Waals surface area contributed by atoms with E-state index in [9.17, 15) is 4.79 Å². The summed E-state index contributed by atoms with van der Waals surface area (Å²) in [5, 5.41) is 13.0. The molecule has 3 aromatic rings. The van der Waals surface area contributed by atoms with Gasteiger partial charge >= 0.3 is 0 Å². The molecule has 0 aliphatic rings. The van der Waals surface area contributed by atoms with Crippen LogP contribution in [0.5, 0.6) is 0 Å². The normalized spacial score (nSPS) is 10.7. The number of pyridine rings is 1. The SMILES string of the molecule is C=CCn1c(SCC(=O)Nc2ncc(Cl)cc2Cl)nnc1-c1ccc(Cl)cc1. The molecule has 0 fully saturated rings. The Morgan fingerprint density at radius 2 is 1.93 bits per heavy atom. The zero-order valence-corrected chi connectivity index (χ0v) is 17.5. The molecule has 2 heterocycles. The van der Waals surface area contributed by atoms with Gasteiger partial charge in [0.25, 0.3) is 0 Å². The first kappa shape index (κ1) is 20.7. The number of aromatic nitrogens is 4. The van der Waals surface area contributed by atoms with E-state index >= 15 is 0 Å². The maximum absolute atomic E-state index is 12.3. The van der Waals surface area contributed by atoms with Crippen LogP contribution in [0.25, 0.3) is 11.4 Å². The summed E-state index contributed by atoms with van der Waals surface area (Å²) < 4.78 is 1.88. The van der Waals surface area contributed by atoms with Gasteiger partial charge in [-0.05, 0) is 30.3 Å². The molecule has 0 atom stereocenters. The third kappa shape index (κ3) is 5.05. The molecule has 0 spiro atoms. The highest BCUT2D eigenvalue weighted by Gasteiger charge is 2.16. The van der Waals surface area contributed by atoms with E-state index in [1.165, 1.54) is 24.0 Å². The summed E-state index contributed by atoms with van der Waals surface area (Å²) in [6.07, 6.45) is 3.15. The highest BCUT2D eigenvalue weighted by atomic mass is 35.5. The second-order valence-corrected chi connectivity index (χ2v) is 7.76. The van der Waals surface area contributed by atoms with Crippen molar-refractivity contribution in [3.63, 3.8) is 0 Å². The summed E-state index contributed by atoms with van der Waals surface area (Å²) >= 11 is 19.0. The Morgan fingerprint density at radius 3 is 2.61 bits per heavy atom. The summed E-state index contributed by atoms with van der Waals surface area (Å²) in [5.41, 5.74) is 0.868. The molecule has 0 aliphatic carbocycles. The molecule has 0 radical (unpaired) electrons. The van der Waals surface area contributed by atoms with Gasteiger partial charge in [-0.2, -0.15) is 0 Å². The van der Waals surface area contributed by atoms with Crippen molar-refractivity contribution in [2.75, 3.05) is 11.1 Å². The van der Waals surface area contributed by atoms with Crippen LogP contribution in [0.1, 0.15) is 0 Å². The quantitative estimate of drug-likeness (QED) is 0.391. The van der Waals surface area contributed by atoms with Gasteiger partial charge in [0.1, 0.15) is 0 Å². The number of carbonyl (C=O) groups is 1. The minimum Gasteiger partial charge on any atom is -0.309 e. The average molecular weight is 455 g/mol. The lowest BCUT2D eigenvalue weighted by Gasteiger charge is -2.08. The fourth-order valence-electron chi connectivity index (χ4n) is 2.31. The molecule has 3 rings (SSSR count). The van der Waals surface area contributed by atoms with E-state index in [0.717, 1.165) is 5.56 Å². The number of nitrogens with zero attached hydrogens (tertiary/aromatic N) is 4. The molecule has 28 heavy (non-hydrogen) atoms. The van der Waals surface area contributed by atoms with Crippen molar-refractivity contribution in [2.45, 2.75) is 11.7 Å². The summed E-state index contributed by atoms with van der Waals surface area (Å²) in [5.74, 6) is 0.757. The van der Waals surface area contributed by atoms with Crippen LogP contribution in [-0.2, 0) is 11.3 Å². The topological polar surface area (TPSA) is 72.7 Å². The lowest BCUT2D eigenvalue weighted by molar-refractivity contribution is -0.113. The van der Waals surface area contributed by atoms with E-state index < -0.39 is 0 Å². The largest absolute Gasteiger partial charge is 0.309 e. The highest BCUT2D eigenvalue weighted by Crippen LogP contribution is 2.26. The summed E-state index contributed by atoms with van der Waals surface area (Å²) in [4.78, 5) is 16.3. The minimum atomic E-state index is -0.275. The molecule has 6 nitrogen and oxygen atoms in total. The van der Waals surface area contributed by atoms with Crippen molar-refractivity contribution < 1.29 is 4.79 Å². The Bertz CT molecular complexity index is 1010. The Kier molecular flexibility index (Phi) is 6.96. The Balaban J connectivity index is 1.72. The molecule has 0 saturated carbocycles. The Labute approximate surface area is 180 Å². The number of hydrogen-bond acceptors (Lipinski definition) is 5. The molecule has 10 heteroatoms. The summed E-state index contributed by atoms with van der Waals surface area (Å²) in [6, 6.07) is 8.81. The van der Waals surface area contributed by atoms with Crippen molar-refractivity contribution >= 4 is 58.3 Å². The molecule has 1 N–H and O–H groups in total. The smallest absolute Gasteiger partial charge is 0.236 e. The first-order valence-corrected chi connectivity index (χ1v) is 10.1. The van der Waals surface area contributed by atoms with Crippen molar-refractivity contribution in [3.8, 4) is 11.4 Å². The molecule has 2 aromatic heterocycles. The number of carbonyl (C=O) groups excluding carboxylic acids is 1. The van der Waals surface area contributed by atoms with Crippen LogP contribution in [0.15, 0.2) is 54.3 Å². The summed E-state index contributed by atoms with van der Waals surface area (Å²) in [7, 11) is 0. The number of rotatable bonds is 7. The number of amides is 1. The molecular formula is C18H14Cl3N5OS. The van der Waals surface area contributed by atoms with Crippen LogP contribution < -0.4 is 5.32 Å². The molecule has 0 saturated heterocycles. The van der Waals surface area contributed by atoms with Gasteiger partial charge in [0.05, 0.1) is 15.8 Å². The van der Waals surface area contributed by atoms with Gasteiger partial charge in [-0.15, -0.1) is 16.8 Å². The second-order valence-electron chi connectivity index (χ2n) is 5.53. The van der Waals surface area contributed by atoms with Crippen LogP contribution in [0, 0.1) is 0 Å². The minimum absolute atomic E-state index is 0.108. The summed E-state index contributed by atoms with van der Waals surface area (Å²) in [6.45, 7) is 4.27. The zero-order chi connectivity index (χ0) is 20.1. The third-order valence-electron chi connectivity index (χ3n) is 3.53. The first-order valence-electron chi connectivity index (χ1n) is 8.01. The van der Waals surface area contributed by atoms with Crippen molar-refractivity contribution in [1.29, 1.82) is 0 Å². The predicted octanol–water partition coefficient (Wildman–Crippen LogP) is 5.22. The predicted molar refractivity (Wildman–Crippen MR) is 114 cm³/mol. The van der Waals surface area contributed by atoms with Gasteiger partial charge in [-0.3, -0.25) is 9.36 Å². The van der Waals surface area contributed by atoms with E-state index in [2.05, 4.69) is 27.1 Å². The van der Waals surface area contributed by atoms with Gasteiger partial charge in [0.2, 0.25) is 5.91 Å². The maximum atomic E-state index is 12.3. The van der Waals surface area contributed by atoms with Crippen LogP contribution >= 0.6 is 46.6 Å². The average Bonchev–Trinajstić information content (AvgIpc) is 3.06. The lowest BCUT2D eigenvalue weighted by atomic mass is 10.2. The molecule has 1 amide bonds. The van der Waals surface area contributed by atoms with Crippen LogP contribution in [0.4, 0.5) is 5.82 Å². The lowest BCUT2D eigenvalue weighted by Crippen LogP contribution is -2.16. The van der Waals surface area contributed by atoms with Crippen molar-refractivity contribution in [3.05, 3.63) is 64.3 Å². The number of halogens is 3. The Morgan fingerprint density at radius 1 is 1.18 bits per heavy atom. The van der Waals surface area contributed by atoms with Crippen LogP contribution in [0.2, 0.25) is 15.1 Å². The zero-order valence-electron chi connectivity index (χ0n) is 14.4. The van der Waals surface area contributed by atoms with Gasteiger partial charge in [-0.25, -0.2) is 4.98 Å². The molecule has 1 aromatic carbocycles. The van der Waals surface area contributed by atoms with Gasteiger partial charge in [0.15, 0.2) is 16.8 Å². The van der Waals surface area contributed by atoms with Crippen molar-refractivity contribution in [1.82, 2.24) is 19.7 Å². The number of thioether (sulfide) groups is 1. The number of allylic oxidation sites excluding steroid dienone is 1. The monoisotopic (exact) mass is 453 g/mol. The number of hydrogen-bond donors (Lipinski definition) is 1. The van der Waals surface area contributed by atoms with E-state index in [1.54, 1.807) is 18.2 Å². The number of nitrogens with one attached hydrogen (secondary N) is 1. The van der Waals surface area contributed by atoms with Gasteiger partial charge in [-0.1, -0.05) is 52.6 Å². The molecule has 0 unspecified atom stereocenters. The Hall–Kier alpha value is -2.06.